The predicted molar refractivity (Wildman–Crippen MR) is 113 cm³/mol. The standard InChI is InChI=1S/C22H14ClF2NO4S/c1-30-16-7-4-11(9-13(16)23)20(27)18-19(17-3-2-8-31-17)26(22(29)21(18)28)15-6-5-12(24)10-14(15)25/h2-10,19,27H,1H3/b20-18-. The van der Waals surface area contributed by atoms with Gasteiger partial charge in [0.1, 0.15) is 29.2 Å². The Hall–Kier alpha value is -3.23. The average Bonchev–Trinajstić information content (AvgIpc) is 3.35. The van der Waals surface area contributed by atoms with Crippen LogP contribution in [0.5, 0.6) is 5.75 Å². The number of benzene rings is 2. The number of hydrogen-bond acceptors (Lipinski definition) is 5. The van der Waals surface area contributed by atoms with E-state index in [1.54, 1.807) is 17.5 Å². The van der Waals surface area contributed by atoms with E-state index in [-0.39, 0.29) is 21.8 Å². The third-order valence-electron chi connectivity index (χ3n) is 4.85. The van der Waals surface area contributed by atoms with Gasteiger partial charge in [-0.05, 0) is 41.8 Å². The quantitative estimate of drug-likeness (QED) is 0.324. The molecule has 1 aromatic heterocycles. The monoisotopic (exact) mass is 461 g/mol. The van der Waals surface area contributed by atoms with Crippen LogP contribution in [0, 0.1) is 11.6 Å². The number of rotatable bonds is 4. The number of amides is 1. The molecule has 5 nitrogen and oxygen atoms in total. The Balaban J connectivity index is 1.93. The third kappa shape index (κ3) is 3.58. The van der Waals surface area contributed by atoms with Crippen molar-refractivity contribution in [3.63, 3.8) is 0 Å². The van der Waals surface area contributed by atoms with Crippen molar-refractivity contribution in [2.45, 2.75) is 6.04 Å². The molecule has 4 rings (SSSR count). The number of hydrogen-bond donors (Lipinski definition) is 1. The Morgan fingerprint density at radius 3 is 2.55 bits per heavy atom. The molecule has 9 heteroatoms. The van der Waals surface area contributed by atoms with Crippen LogP contribution < -0.4 is 9.64 Å². The zero-order chi connectivity index (χ0) is 22.3. The van der Waals surface area contributed by atoms with Gasteiger partial charge in [0.2, 0.25) is 0 Å². The van der Waals surface area contributed by atoms with E-state index in [4.69, 9.17) is 16.3 Å². The second-order valence-corrected chi connectivity index (χ2v) is 8.02. The van der Waals surface area contributed by atoms with Gasteiger partial charge >= 0.3 is 0 Å². The van der Waals surface area contributed by atoms with E-state index in [1.807, 2.05) is 0 Å². The van der Waals surface area contributed by atoms with E-state index in [9.17, 15) is 23.5 Å². The van der Waals surface area contributed by atoms with Crippen LogP contribution in [-0.4, -0.2) is 23.9 Å². The molecule has 1 amide bonds. The molecule has 2 aromatic carbocycles. The number of ether oxygens (including phenoxy) is 1. The fourth-order valence-corrected chi connectivity index (χ4v) is 4.52. The van der Waals surface area contributed by atoms with Crippen molar-refractivity contribution >= 4 is 46.1 Å². The number of Topliss-reactive ketones (excluding diaryl/α,β-unsaturated/α-hetero) is 1. The SMILES string of the molecule is COc1ccc(/C(O)=C2/C(=O)C(=O)N(c3ccc(F)cc3F)C2c2cccs2)cc1Cl. The maximum Gasteiger partial charge on any atom is 0.300 e. The maximum atomic E-state index is 14.6. The summed E-state index contributed by atoms with van der Waals surface area (Å²) in [4.78, 5) is 27.3. The van der Waals surface area contributed by atoms with Gasteiger partial charge in [-0.25, -0.2) is 8.78 Å². The fraction of sp³-hybridized carbons (Fsp3) is 0.0909. The Morgan fingerprint density at radius 1 is 1.16 bits per heavy atom. The number of aliphatic hydroxyl groups is 1. The minimum Gasteiger partial charge on any atom is -0.507 e. The molecule has 158 valence electrons. The molecule has 0 radical (unpaired) electrons. The van der Waals surface area contributed by atoms with Crippen molar-refractivity contribution in [3.8, 4) is 5.75 Å². The normalized spacial score (nSPS) is 17.9. The molecule has 1 atom stereocenters. The van der Waals surface area contributed by atoms with Crippen LogP contribution in [-0.2, 0) is 9.59 Å². The largest absolute Gasteiger partial charge is 0.507 e. The van der Waals surface area contributed by atoms with Crippen LogP contribution in [0.25, 0.3) is 5.76 Å². The molecule has 1 saturated heterocycles. The summed E-state index contributed by atoms with van der Waals surface area (Å²) in [6, 6.07) is 9.35. The Labute approximate surface area is 184 Å². The first-order valence-electron chi connectivity index (χ1n) is 8.97. The minimum atomic E-state index is -1.10. The summed E-state index contributed by atoms with van der Waals surface area (Å²) in [5, 5.41) is 12.9. The van der Waals surface area contributed by atoms with Crippen molar-refractivity contribution in [1.82, 2.24) is 0 Å². The molecular formula is C22H14ClF2NO4S. The summed E-state index contributed by atoms with van der Waals surface area (Å²) in [6.45, 7) is 0. The number of ketones is 1. The van der Waals surface area contributed by atoms with Crippen molar-refractivity contribution < 1.29 is 28.2 Å². The van der Waals surface area contributed by atoms with Gasteiger partial charge in [0.05, 0.1) is 23.4 Å². The second-order valence-electron chi connectivity index (χ2n) is 6.63. The second kappa shape index (κ2) is 8.13. The molecule has 1 unspecified atom stereocenters. The highest BCUT2D eigenvalue weighted by Gasteiger charge is 2.48. The lowest BCUT2D eigenvalue weighted by Crippen LogP contribution is -2.30. The summed E-state index contributed by atoms with van der Waals surface area (Å²) in [7, 11) is 1.43. The molecule has 1 fully saturated rings. The molecule has 1 aliphatic heterocycles. The molecular weight excluding hydrogens is 448 g/mol. The minimum absolute atomic E-state index is 0.185. The van der Waals surface area contributed by atoms with E-state index in [1.165, 1.54) is 36.6 Å². The van der Waals surface area contributed by atoms with Gasteiger partial charge in [-0.3, -0.25) is 14.5 Å². The van der Waals surface area contributed by atoms with Crippen LogP contribution >= 0.6 is 22.9 Å². The van der Waals surface area contributed by atoms with Crippen LogP contribution in [0.4, 0.5) is 14.5 Å². The van der Waals surface area contributed by atoms with Crippen LogP contribution in [0.2, 0.25) is 5.02 Å². The lowest BCUT2D eigenvalue weighted by atomic mass is 9.99. The van der Waals surface area contributed by atoms with E-state index in [0.29, 0.717) is 16.7 Å². The zero-order valence-electron chi connectivity index (χ0n) is 15.9. The molecule has 1 N–H and O–H groups in total. The van der Waals surface area contributed by atoms with Crippen LogP contribution in [0.15, 0.2) is 59.5 Å². The molecule has 0 aliphatic carbocycles. The number of aliphatic hydroxyl groups excluding tert-OH is 1. The predicted octanol–water partition coefficient (Wildman–Crippen LogP) is 5.31. The van der Waals surface area contributed by atoms with Crippen molar-refractivity contribution in [3.05, 3.63) is 86.6 Å². The van der Waals surface area contributed by atoms with Gasteiger partial charge in [0, 0.05) is 16.5 Å². The van der Waals surface area contributed by atoms with E-state index < -0.39 is 35.1 Å². The fourth-order valence-electron chi connectivity index (χ4n) is 3.44. The molecule has 1 aliphatic rings. The topological polar surface area (TPSA) is 66.8 Å². The summed E-state index contributed by atoms with van der Waals surface area (Å²) in [5.41, 5.74) is -0.309. The number of thiophene rings is 1. The van der Waals surface area contributed by atoms with Gasteiger partial charge < -0.3 is 9.84 Å². The van der Waals surface area contributed by atoms with Gasteiger partial charge in [0.15, 0.2) is 0 Å². The molecule has 2 heterocycles. The lowest BCUT2D eigenvalue weighted by Gasteiger charge is -2.24. The zero-order valence-corrected chi connectivity index (χ0v) is 17.5. The maximum absolute atomic E-state index is 14.6. The first-order chi connectivity index (χ1) is 14.8. The molecule has 0 bridgehead atoms. The number of halogens is 3. The Bertz CT molecular complexity index is 1230. The Kier molecular flexibility index (Phi) is 5.51. The highest BCUT2D eigenvalue weighted by Crippen LogP contribution is 2.44. The highest BCUT2D eigenvalue weighted by atomic mass is 35.5. The lowest BCUT2D eigenvalue weighted by molar-refractivity contribution is -0.132. The summed E-state index contributed by atoms with van der Waals surface area (Å²) < 4.78 is 33.1. The number of anilines is 1. The van der Waals surface area contributed by atoms with Gasteiger partial charge in [-0.2, -0.15) is 0 Å². The molecule has 31 heavy (non-hydrogen) atoms. The summed E-state index contributed by atoms with van der Waals surface area (Å²) >= 11 is 7.36. The first-order valence-corrected chi connectivity index (χ1v) is 10.2. The third-order valence-corrected chi connectivity index (χ3v) is 6.07. The molecule has 0 spiro atoms. The first kappa shape index (κ1) is 21.0. The van der Waals surface area contributed by atoms with Crippen LogP contribution in [0.1, 0.15) is 16.5 Å². The molecule has 0 saturated carbocycles. The van der Waals surface area contributed by atoms with Crippen LogP contribution in [0.3, 0.4) is 0 Å². The van der Waals surface area contributed by atoms with Gasteiger partial charge in [-0.1, -0.05) is 17.7 Å². The van der Waals surface area contributed by atoms with E-state index in [0.717, 1.165) is 17.0 Å². The smallest absolute Gasteiger partial charge is 0.300 e. The van der Waals surface area contributed by atoms with Crippen molar-refractivity contribution in [1.29, 1.82) is 0 Å². The average molecular weight is 462 g/mol. The number of methoxy groups -OCH3 is 1. The van der Waals surface area contributed by atoms with Crippen molar-refractivity contribution in [2.24, 2.45) is 0 Å². The van der Waals surface area contributed by atoms with Gasteiger partial charge in [0.25, 0.3) is 11.7 Å². The Morgan fingerprint density at radius 2 is 1.94 bits per heavy atom. The summed E-state index contributed by atoms with van der Waals surface area (Å²) in [6.07, 6.45) is 0. The van der Waals surface area contributed by atoms with Crippen molar-refractivity contribution in [2.75, 3.05) is 12.0 Å². The van der Waals surface area contributed by atoms with Gasteiger partial charge in [-0.15, -0.1) is 11.3 Å². The number of carbonyl (C=O) groups is 2. The molecule has 3 aromatic rings. The highest BCUT2D eigenvalue weighted by molar-refractivity contribution is 7.10. The van der Waals surface area contributed by atoms with E-state index >= 15 is 0 Å². The number of nitrogens with zero attached hydrogens (tertiary/aromatic N) is 1. The summed E-state index contributed by atoms with van der Waals surface area (Å²) in [5.74, 6) is -3.96. The van der Waals surface area contributed by atoms with E-state index in [2.05, 4.69) is 0 Å². The number of carbonyl (C=O) groups excluding carboxylic acids is 2.